The Labute approximate surface area is 303 Å². The Morgan fingerprint density at radius 1 is 0.538 bits per heavy atom. The lowest BCUT2D eigenvalue weighted by Crippen LogP contribution is -2.31. The van der Waals surface area contributed by atoms with Crippen molar-refractivity contribution in [3.05, 3.63) is 191 Å². The van der Waals surface area contributed by atoms with Crippen LogP contribution >= 0.6 is 0 Å². The molecule has 52 heavy (non-hydrogen) atoms. The topological polar surface area (TPSA) is 30.7 Å². The van der Waals surface area contributed by atoms with Crippen molar-refractivity contribution in [3.63, 3.8) is 0 Å². The first-order valence-corrected chi connectivity index (χ1v) is 17.9. The first-order chi connectivity index (χ1) is 25.5. The number of fused-ring (bicyclic) bond motifs is 5. The second-order valence-corrected chi connectivity index (χ2v) is 14.3. The van der Waals surface area contributed by atoms with E-state index in [0.717, 1.165) is 39.3 Å². The normalized spacial score (nSPS) is 14.0. The fourth-order valence-electron chi connectivity index (χ4n) is 8.46. The van der Waals surface area contributed by atoms with E-state index in [1.807, 2.05) is 12.1 Å². The van der Waals surface area contributed by atoms with Gasteiger partial charge in [0.25, 0.3) is 0 Å². The Morgan fingerprint density at radius 2 is 1.15 bits per heavy atom. The van der Waals surface area contributed by atoms with E-state index < -0.39 is 0 Å². The molecule has 0 fully saturated rings. The highest BCUT2D eigenvalue weighted by atomic mass is 14.9. The Hall–Kier alpha value is -6.58. The summed E-state index contributed by atoms with van der Waals surface area (Å²) in [6.07, 6.45) is 9.34. The van der Waals surface area contributed by atoms with Gasteiger partial charge in [-0.1, -0.05) is 135 Å². The van der Waals surface area contributed by atoms with E-state index in [4.69, 9.17) is 9.97 Å². The quantitative estimate of drug-likeness (QED) is 0.183. The third-order valence-electron chi connectivity index (χ3n) is 10.7. The first kappa shape index (κ1) is 30.3. The van der Waals surface area contributed by atoms with Crippen molar-refractivity contribution in [1.82, 2.24) is 14.5 Å². The molecule has 5 aromatic carbocycles. The molecule has 3 nitrogen and oxygen atoms in total. The molecule has 0 unspecified atom stereocenters. The van der Waals surface area contributed by atoms with Crippen LogP contribution in [0.5, 0.6) is 0 Å². The van der Waals surface area contributed by atoms with Crippen molar-refractivity contribution >= 4 is 17.7 Å². The van der Waals surface area contributed by atoms with E-state index in [9.17, 15) is 0 Å². The zero-order valence-electron chi connectivity index (χ0n) is 29.1. The Morgan fingerprint density at radius 3 is 1.87 bits per heavy atom. The number of aromatic nitrogens is 3. The van der Waals surface area contributed by atoms with Crippen molar-refractivity contribution in [2.24, 2.45) is 0 Å². The number of para-hydroxylation sites is 1. The predicted molar refractivity (Wildman–Crippen MR) is 214 cm³/mol. The van der Waals surface area contributed by atoms with Gasteiger partial charge in [0.05, 0.1) is 11.4 Å². The summed E-state index contributed by atoms with van der Waals surface area (Å²) in [5.74, 6) is 0.711. The molecule has 1 aromatic heterocycles. The highest BCUT2D eigenvalue weighted by Crippen LogP contribution is 2.55. The van der Waals surface area contributed by atoms with E-state index in [1.54, 1.807) is 0 Å². The number of rotatable bonds is 5. The number of pyridine rings is 1. The smallest absolute Gasteiger partial charge is 0.160 e. The molecule has 246 valence electrons. The van der Waals surface area contributed by atoms with E-state index in [-0.39, 0.29) is 5.41 Å². The van der Waals surface area contributed by atoms with E-state index >= 15 is 0 Å². The van der Waals surface area contributed by atoms with Crippen molar-refractivity contribution < 1.29 is 0 Å². The third kappa shape index (κ3) is 4.81. The summed E-state index contributed by atoms with van der Waals surface area (Å²) < 4.78 is 2.26. The van der Waals surface area contributed by atoms with Gasteiger partial charge in [0.1, 0.15) is 0 Å². The maximum Gasteiger partial charge on any atom is 0.160 e. The van der Waals surface area contributed by atoms with Crippen molar-refractivity contribution in [2.75, 3.05) is 0 Å². The average molecular weight is 666 g/mol. The van der Waals surface area contributed by atoms with E-state index in [0.29, 0.717) is 5.82 Å². The first-order valence-electron chi connectivity index (χ1n) is 17.9. The number of hydrogen-bond acceptors (Lipinski definition) is 2. The average Bonchev–Trinajstić information content (AvgIpc) is 3.75. The molecule has 0 N–H and O–H groups in total. The molecule has 3 aliphatic carbocycles. The second kappa shape index (κ2) is 11.8. The molecule has 0 spiro atoms. The summed E-state index contributed by atoms with van der Waals surface area (Å²) in [7, 11) is 0. The van der Waals surface area contributed by atoms with Crippen LogP contribution < -0.4 is 10.4 Å². The molecule has 0 amide bonds. The minimum absolute atomic E-state index is 0.232. The molecule has 0 atom stereocenters. The Balaban J connectivity index is 1.21. The van der Waals surface area contributed by atoms with E-state index in [2.05, 4.69) is 182 Å². The number of allylic oxidation sites excluding steroid dienone is 1. The van der Waals surface area contributed by atoms with Crippen LogP contribution in [0.1, 0.15) is 25.0 Å². The highest BCUT2D eigenvalue weighted by molar-refractivity contribution is 6.07. The van der Waals surface area contributed by atoms with Crippen LogP contribution in [0.3, 0.4) is 0 Å². The molecule has 2 heterocycles. The lowest BCUT2D eigenvalue weighted by molar-refractivity contribution is 0.689. The number of benzene rings is 5. The van der Waals surface area contributed by atoms with Gasteiger partial charge < -0.3 is 4.57 Å². The zero-order chi connectivity index (χ0) is 34.8. The maximum atomic E-state index is 5.17. The van der Waals surface area contributed by atoms with Gasteiger partial charge in [-0.25, -0.2) is 9.97 Å². The summed E-state index contributed by atoms with van der Waals surface area (Å²) in [4.78, 5) is 10.3. The van der Waals surface area contributed by atoms with Crippen molar-refractivity contribution in [3.8, 4) is 61.8 Å². The van der Waals surface area contributed by atoms with Crippen molar-refractivity contribution in [1.29, 1.82) is 0 Å². The van der Waals surface area contributed by atoms with Crippen LogP contribution in [0.25, 0.3) is 79.6 Å². The van der Waals surface area contributed by atoms with E-state index in [1.165, 1.54) is 49.4 Å². The van der Waals surface area contributed by atoms with Gasteiger partial charge in [0, 0.05) is 45.7 Å². The van der Waals surface area contributed by atoms with Crippen molar-refractivity contribution in [2.45, 2.75) is 19.3 Å². The van der Waals surface area contributed by atoms with Gasteiger partial charge in [-0.3, -0.25) is 0 Å². The fourth-order valence-corrected chi connectivity index (χ4v) is 8.46. The monoisotopic (exact) mass is 665 g/mol. The minimum Gasteiger partial charge on any atom is -0.323 e. The second-order valence-electron chi connectivity index (χ2n) is 14.3. The molecule has 4 aliphatic rings. The molecule has 0 saturated heterocycles. The van der Waals surface area contributed by atoms with Gasteiger partial charge in [-0.05, 0) is 91.9 Å². The molecule has 10 rings (SSSR count). The third-order valence-corrected chi connectivity index (χ3v) is 10.7. The van der Waals surface area contributed by atoms with Gasteiger partial charge >= 0.3 is 0 Å². The number of hydrogen-bond donors (Lipinski definition) is 0. The summed E-state index contributed by atoms with van der Waals surface area (Å²) in [6.45, 7) is 4.80. The van der Waals surface area contributed by atoms with Gasteiger partial charge in [-0.15, -0.1) is 0 Å². The van der Waals surface area contributed by atoms with Gasteiger partial charge in [0.2, 0.25) is 0 Å². The van der Waals surface area contributed by atoms with Gasteiger partial charge in [-0.2, -0.15) is 0 Å². The highest BCUT2D eigenvalue weighted by Gasteiger charge is 2.41. The van der Waals surface area contributed by atoms with Crippen LogP contribution in [0.4, 0.5) is 0 Å². The van der Waals surface area contributed by atoms with Crippen LogP contribution in [0.15, 0.2) is 170 Å². The fraction of sp³-hybridized carbons (Fsp3) is 0.0612. The molecule has 6 aromatic rings. The molecule has 1 aliphatic heterocycles. The summed E-state index contributed by atoms with van der Waals surface area (Å²) >= 11 is 0. The predicted octanol–water partition coefficient (Wildman–Crippen LogP) is 10.4. The molecular weight excluding hydrogens is 631 g/mol. The maximum absolute atomic E-state index is 5.17. The van der Waals surface area contributed by atoms with Gasteiger partial charge in [0.15, 0.2) is 5.82 Å². The van der Waals surface area contributed by atoms with Crippen LogP contribution in [-0.4, -0.2) is 14.5 Å². The molecule has 3 heteroatoms. The number of nitrogens with zero attached hydrogens (tertiary/aromatic N) is 3. The van der Waals surface area contributed by atoms with Crippen LogP contribution in [0.2, 0.25) is 0 Å². The Bertz CT molecular complexity index is 2730. The summed E-state index contributed by atoms with van der Waals surface area (Å²) in [6, 6.07) is 53.4. The summed E-state index contributed by atoms with van der Waals surface area (Å²) in [5.41, 5.74) is 16.1. The lowest BCUT2D eigenvalue weighted by atomic mass is 9.69. The van der Waals surface area contributed by atoms with Crippen LogP contribution in [-0.2, 0) is 5.41 Å². The zero-order valence-corrected chi connectivity index (χ0v) is 29.1. The Kier molecular flexibility index (Phi) is 6.84. The largest absolute Gasteiger partial charge is 0.323 e. The SMILES string of the molecule is CC1(C)C2=c3ccccc3=CC2=Cc2c(-c3cccc(-c4nc(-c5ccccc5)cc(-c5ccccc5)n4)c3)c3ccn(-c4ccccc4)cc-3c21. The lowest BCUT2D eigenvalue weighted by Gasteiger charge is -2.34. The molecule has 0 bridgehead atoms. The van der Waals surface area contributed by atoms with Crippen LogP contribution in [0, 0.1) is 0 Å². The summed E-state index contributed by atoms with van der Waals surface area (Å²) in [5, 5.41) is 2.62. The minimum atomic E-state index is -0.232. The molecular formula is C49H35N3. The molecule has 0 saturated carbocycles. The molecule has 0 radical (unpaired) electrons. The standard InChI is InChI=1S/C49H35N3/c1-49(2)46-37(27-34-19-12-13-24-39(34)46)29-41-45(40-25-26-52(31-42(40)47(41)49)38-22-10-5-11-23-38)35-20-14-21-36(28-35)48-50-43(32-15-6-3-7-16-32)30-44(51-48)33-17-8-4-9-18-33/h3-31H,1-2H3.